The summed E-state index contributed by atoms with van der Waals surface area (Å²) in [5.74, 6) is -0.512. The average molecular weight is 577 g/mol. The molecule has 0 heterocycles. The number of rotatable bonds is 13. The summed E-state index contributed by atoms with van der Waals surface area (Å²) in [5, 5.41) is 3.94. The number of sulfonamides is 1. The van der Waals surface area contributed by atoms with Crippen molar-refractivity contribution in [2.24, 2.45) is 0 Å². The van der Waals surface area contributed by atoms with Gasteiger partial charge in [0.2, 0.25) is 21.8 Å². The summed E-state index contributed by atoms with van der Waals surface area (Å²) in [6, 6.07) is 11.0. The van der Waals surface area contributed by atoms with Crippen molar-refractivity contribution in [2.75, 3.05) is 23.7 Å². The van der Waals surface area contributed by atoms with Crippen molar-refractivity contribution in [3.63, 3.8) is 0 Å². The first-order valence-corrected chi connectivity index (χ1v) is 14.7. The van der Waals surface area contributed by atoms with E-state index in [1.54, 1.807) is 18.2 Å². The second-order valence-electron chi connectivity index (χ2n) is 8.36. The molecule has 0 aromatic heterocycles. The van der Waals surface area contributed by atoms with E-state index in [1.165, 1.54) is 17.0 Å². The summed E-state index contributed by atoms with van der Waals surface area (Å²) in [5.41, 5.74) is 0.968. The number of carbonyl (C=O) groups excluding carboxylic acids is 2. The van der Waals surface area contributed by atoms with E-state index >= 15 is 0 Å². The standard InChI is InChI=1S/C25H32Cl3N3O4S/c1-4-14-29-25(33)22(5-2)30(17-18-9-6-7-10-20(18)27)24(32)11-8-15-31(36(3,34)35)23-16-19(26)12-13-21(23)28/h6-7,9-10,12-13,16,22H,4-5,8,11,14-15,17H2,1-3H3,(H,29,33)/t22-/m1/s1. The number of halogens is 3. The van der Waals surface area contributed by atoms with Crippen LogP contribution >= 0.6 is 34.8 Å². The van der Waals surface area contributed by atoms with Crippen molar-refractivity contribution >= 4 is 62.3 Å². The predicted molar refractivity (Wildman–Crippen MR) is 147 cm³/mol. The third-order valence-corrected chi connectivity index (χ3v) is 7.67. The molecule has 0 fully saturated rings. The smallest absolute Gasteiger partial charge is 0.242 e. The van der Waals surface area contributed by atoms with Crippen molar-refractivity contribution in [1.82, 2.24) is 10.2 Å². The molecule has 1 atom stereocenters. The first-order valence-electron chi connectivity index (χ1n) is 11.7. The van der Waals surface area contributed by atoms with Gasteiger partial charge in [0.1, 0.15) is 6.04 Å². The van der Waals surface area contributed by atoms with Gasteiger partial charge in [0, 0.05) is 36.1 Å². The van der Waals surface area contributed by atoms with Crippen molar-refractivity contribution in [2.45, 2.75) is 52.1 Å². The lowest BCUT2D eigenvalue weighted by Gasteiger charge is -2.31. The molecule has 0 aliphatic heterocycles. The van der Waals surface area contributed by atoms with Gasteiger partial charge in [0.05, 0.1) is 17.0 Å². The maximum absolute atomic E-state index is 13.4. The first-order chi connectivity index (χ1) is 17.0. The van der Waals surface area contributed by atoms with Crippen LogP contribution in [0, 0.1) is 0 Å². The number of hydrogen-bond donors (Lipinski definition) is 1. The minimum Gasteiger partial charge on any atom is -0.354 e. The van der Waals surface area contributed by atoms with Gasteiger partial charge >= 0.3 is 0 Å². The van der Waals surface area contributed by atoms with E-state index in [0.717, 1.165) is 22.5 Å². The van der Waals surface area contributed by atoms with Gasteiger partial charge in [-0.05, 0) is 49.1 Å². The quantitative estimate of drug-likeness (QED) is 0.340. The van der Waals surface area contributed by atoms with Gasteiger partial charge in [-0.1, -0.05) is 66.8 Å². The van der Waals surface area contributed by atoms with Crippen LogP contribution in [0.3, 0.4) is 0 Å². The number of anilines is 1. The summed E-state index contributed by atoms with van der Waals surface area (Å²) < 4.78 is 26.1. The van der Waals surface area contributed by atoms with E-state index in [-0.39, 0.29) is 48.5 Å². The fraction of sp³-hybridized carbons (Fsp3) is 0.440. The zero-order chi connectivity index (χ0) is 26.9. The normalized spacial score (nSPS) is 12.2. The highest BCUT2D eigenvalue weighted by molar-refractivity contribution is 7.92. The molecule has 36 heavy (non-hydrogen) atoms. The van der Waals surface area contributed by atoms with Gasteiger partial charge in [-0.25, -0.2) is 8.42 Å². The summed E-state index contributed by atoms with van der Waals surface area (Å²) in [6.07, 6.45) is 2.49. The molecule has 0 unspecified atom stereocenters. The third-order valence-electron chi connectivity index (χ3n) is 5.56. The molecule has 2 aromatic rings. The van der Waals surface area contributed by atoms with E-state index in [1.807, 2.05) is 26.0 Å². The molecule has 0 spiro atoms. The Balaban J connectivity index is 2.25. The molecule has 7 nitrogen and oxygen atoms in total. The predicted octanol–water partition coefficient (Wildman–Crippen LogP) is 5.53. The van der Waals surface area contributed by atoms with E-state index in [0.29, 0.717) is 23.0 Å². The number of amides is 2. The van der Waals surface area contributed by atoms with E-state index in [2.05, 4.69) is 5.32 Å². The molecule has 1 N–H and O–H groups in total. The monoisotopic (exact) mass is 575 g/mol. The molecule has 0 aliphatic carbocycles. The fourth-order valence-corrected chi connectivity index (χ4v) is 5.36. The molecule has 0 bridgehead atoms. The minimum atomic E-state index is -3.69. The van der Waals surface area contributed by atoms with Crippen LogP contribution in [0.15, 0.2) is 42.5 Å². The maximum Gasteiger partial charge on any atom is 0.242 e. The Morgan fingerprint density at radius 2 is 1.72 bits per heavy atom. The summed E-state index contributed by atoms with van der Waals surface area (Å²) >= 11 is 18.6. The van der Waals surface area contributed by atoms with Gasteiger partial charge in [-0.15, -0.1) is 0 Å². The van der Waals surface area contributed by atoms with Crippen LogP contribution in [-0.2, 0) is 26.2 Å². The van der Waals surface area contributed by atoms with Crippen LogP contribution in [-0.4, -0.2) is 50.5 Å². The molecule has 2 amide bonds. The summed E-state index contributed by atoms with van der Waals surface area (Å²) in [6.45, 7) is 4.48. The van der Waals surface area contributed by atoms with E-state index < -0.39 is 16.1 Å². The fourth-order valence-electron chi connectivity index (χ4n) is 3.76. The molecule has 2 rings (SSSR count). The highest BCUT2D eigenvalue weighted by Crippen LogP contribution is 2.31. The Hall–Kier alpha value is -2.00. The SMILES string of the molecule is CCCNC(=O)[C@@H](CC)N(Cc1ccccc1Cl)C(=O)CCCN(c1cc(Cl)ccc1Cl)S(C)(=O)=O. The molecular weight excluding hydrogens is 545 g/mol. The van der Waals surface area contributed by atoms with Gasteiger partial charge in [0.25, 0.3) is 0 Å². The zero-order valence-corrected chi connectivity index (χ0v) is 23.7. The van der Waals surface area contributed by atoms with Crippen molar-refractivity contribution in [3.8, 4) is 0 Å². The summed E-state index contributed by atoms with van der Waals surface area (Å²) in [4.78, 5) is 27.8. The molecule has 0 saturated heterocycles. The lowest BCUT2D eigenvalue weighted by atomic mass is 10.1. The first kappa shape index (κ1) is 30.2. The Kier molecular flexibility index (Phi) is 11.8. The third kappa shape index (κ3) is 8.54. The highest BCUT2D eigenvalue weighted by atomic mass is 35.5. The molecule has 11 heteroatoms. The van der Waals surface area contributed by atoms with E-state index in [9.17, 15) is 18.0 Å². The highest BCUT2D eigenvalue weighted by Gasteiger charge is 2.29. The van der Waals surface area contributed by atoms with Crippen LogP contribution in [0.25, 0.3) is 0 Å². The Bertz CT molecular complexity index is 1160. The molecule has 0 aliphatic rings. The van der Waals surface area contributed by atoms with Gasteiger partial charge in [0.15, 0.2) is 0 Å². The maximum atomic E-state index is 13.4. The second-order valence-corrected chi connectivity index (χ2v) is 11.5. The number of nitrogens with zero attached hydrogens (tertiary/aromatic N) is 2. The summed E-state index contributed by atoms with van der Waals surface area (Å²) in [7, 11) is -3.69. The number of nitrogens with one attached hydrogen (secondary N) is 1. The van der Waals surface area contributed by atoms with Gasteiger partial charge in [-0.2, -0.15) is 0 Å². The molecule has 0 radical (unpaired) electrons. The van der Waals surface area contributed by atoms with Crippen LogP contribution in [0.4, 0.5) is 5.69 Å². The number of carbonyl (C=O) groups is 2. The molecule has 198 valence electrons. The van der Waals surface area contributed by atoms with Crippen molar-refractivity contribution in [3.05, 3.63) is 63.1 Å². The lowest BCUT2D eigenvalue weighted by Crippen LogP contribution is -2.49. The van der Waals surface area contributed by atoms with Crippen LogP contribution < -0.4 is 9.62 Å². The van der Waals surface area contributed by atoms with Crippen molar-refractivity contribution < 1.29 is 18.0 Å². The van der Waals surface area contributed by atoms with Gasteiger partial charge < -0.3 is 10.2 Å². The van der Waals surface area contributed by atoms with Crippen LogP contribution in [0.5, 0.6) is 0 Å². The topological polar surface area (TPSA) is 86.8 Å². The Morgan fingerprint density at radius 1 is 1.03 bits per heavy atom. The molecular formula is C25H32Cl3N3O4S. The minimum absolute atomic E-state index is 0.0173. The largest absolute Gasteiger partial charge is 0.354 e. The lowest BCUT2D eigenvalue weighted by molar-refractivity contribution is -0.141. The molecule has 0 saturated carbocycles. The second kappa shape index (κ2) is 14.1. The van der Waals surface area contributed by atoms with Gasteiger partial charge in [-0.3, -0.25) is 13.9 Å². The molecule has 2 aromatic carbocycles. The number of hydrogen-bond acceptors (Lipinski definition) is 4. The Labute approximate surface area is 228 Å². The van der Waals surface area contributed by atoms with Crippen molar-refractivity contribution in [1.29, 1.82) is 0 Å². The van der Waals surface area contributed by atoms with E-state index in [4.69, 9.17) is 34.8 Å². The van der Waals surface area contributed by atoms with Crippen LogP contribution in [0.2, 0.25) is 15.1 Å². The number of benzene rings is 2. The average Bonchev–Trinajstić information content (AvgIpc) is 2.82. The van der Waals surface area contributed by atoms with Crippen LogP contribution in [0.1, 0.15) is 45.1 Å². The Morgan fingerprint density at radius 3 is 2.33 bits per heavy atom. The zero-order valence-electron chi connectivity index (χ0n) is 20.6.